The fourth-order valence-electron chi connectivity index (χ4n) is 1.45. The topological polar surface area (TPSA) is 37.0 Å². The number of H-pyrrole nitrogens is 1. The van der Waals surface area contributed by atoms with Gasteiger partial charge in [-0.25, -0.2) is 0 Å². The first kappa shape index (κ1) is 6.60. The number of anilines is 2. The second-order valence-electron chi connectivity index (χ2n) is 2.94. The van der Waals surface area contributed by atoms with Gasteiger partial charge < -0.3 is 15.0 Å². The molecule has 1 aliphatic heterocycles. The summed E-state index contributed by atoms with van der Waals surface area (Å²) in [5.74, 6) is 1.64. The molecular weight excluding hydrogens is 164 g/mol. The van der Waals surface area contributed by atoms with Crippen LogP contribution < -0.4 is 10.1 Å². The fourth-order valence-corrected chi connectivity index (χ4v) is 1.45. The summed E-state index contributed by atoms with van der Waals surface area (Å²) >= 11 is 0. The van der Waals surface area contributed by atoms with E-state index in [4.69, 9.17) is 4.74 Å². The zero-order valence-electron chi connectivity index (χ0n) is 6.87. The molecule has 2 heterocycles. The highest BCUT2D eigenvalue weighted by Crippen LogP contribution is 2.40. The average Bonchev–Trinajstić information content (AvgIpc) is 2.61. The van der Waals surface area contributed by atoms with Crippen molar-refractivity contribution in [3.8, 4) is 11.6 Å². The second-order valence-corrected chi connectivity index (χ2v) is 2.94. The number of aromatic amines is 1. The van der Waals surface area contributed by atoms with Gasteiger partial charge in [-0.2, -0.15) is 0 Å². The van der Waals surface area contributed by atoms with E-state index in [-0.39, 0.29) is 0 Å². The van der Waals surface area contributed by atoms with Crippen LogP contribution in [0.5, 0.6) is 11.6 Å². The Bertz CT molecular complexity index is 408. The van der Waals surface area contributed by atoms with Crippen LogP contribution in [0.4, 0.5) is 11.4 Å². The maximum Gasteiger partial charge on any atom is 0.221 e. The van der Waals surface area contributed by atoms with Crippen molar-refractivity contribution in [1.82, 2.24) is 4.98 Å². The zero-order valence-corrected chi connectivity index (χ0v) is 6.87. The summed E-state index contributed by atoms with van der Waals surface area (Å²) in [6.07, 6.45) is 1.85. The number of benzene rings is 1. The van der Waals surface area contributed by atoms with Crippen molar-refractivity contribution in [3.05, 3.63) is 36.5 Å². The average molecular weight is 172 g/mol. The Morgan fingerprint density at radius 3 is 2.92 bits per heavy atom. The minimum atomic E-state index is 0.777. The lowest BCUT2D eigenvalue weighted by molar-refractivity contribution is 0.465. The third kappa shape index (κ3) is 0.902. The van der Waals surface area contributed by atoms with Crippen LogP contribution in [0.3, 0.4) is 0 Å². The Kier molecular flexibility index (Phi) is 1.16. The van der Waals surface area contributed by atoms with Crippen molar-refractivity contribution >= 4 is 11.4 Å². The molecule has 0 radical (unpaired) electrons. The molecule has 3 nitrogen and oxygen atoms in total. The summed E-state index contributed by atoms with van der Waals surface area (Å²) in [6.45, 7) is 0. The minimum absolute atomic E-state index is 0.777. The second kappa shape index (κ2) is 2.29. The Morgan fingerprint density at radius 2 is 1.92 bits per heavy atom. The fraction of sp³-hybridized carbons (Fsp3) is 0. The van der Waals surface area contributed by atoms with Crippen LogP contribution in [0.1, 0.15) is 0 Å². The summed E-state index contributed by atoms with van der Waals surface area (Å²) in [7, 11) is 0. The zero-order chi connectivity index (χ0) is 8.67. The molecule has 0 spiro atoms. The lowest BCUT2D eigenvalue weighted by Crippen LogP contribution is -2.00. The molecule has 0 atom stereocenters. The molecule has 3 heteroatoms. The van der Waals surface area contributed by atoms with Gasteiger partial charge in [0.05, 0.1) is 5.69 Å². The van der Waals surface area contributed by atoms with Crippen LogP contribution in [0.15, 0.2) is 36.5 Å². The number of rotatable bonds is 0. The van der Waals surface area contributed by atoms with Gasteiger partial charge in [0, 0.05) is 6.20 Å². The monoisotopic (exact) mass is 172 g/mol. The lowest BCUT2D eigenvalue weighted by Gasteiger charge is -2.17. The number of hydrogen-bond acceptors (Lipinski definition) is 2. The van der Waals surface area contributed by atoms with Crippen molar-refractivity contribution in [1.29, 1.82) is 0 Å². The molecular formula is C10H8N2O. The van der Waals surface area contributed by atoms with Gasteiger partial charge in [0.25, 0.3) is 0 Å². The van der Waals surface area contributed by atoms with E-state index in [1.807, 2.05) is 36.5 Å². The van der Waals surface area contributed by atoms with Crippen LogP contribution in [0.25, 0.3) is 0 Å². The Labute approximate surface area is 75.4 Å². The molecule has 0 saturated heterocycles. The van der Waals surface area contributed by atoms with E-state index in [9.17, 15) is 0 Å². The highest BCUT2D eigenvalue weighted by atomic mass is 16.5. The van der Waals surface area contributed by atoms with Gasteiger partial charge >= 0.3 is 0 Å². The summed E-state index contributed by atoms with van der Waals surface area (Å²) in [6, 6.07) is 9.81. The Balaban J connectivity index is 2.14. The number of nitrogens with one attached hydrogen (secondary N) is 2. The first-order valence-corrected chi connectivity index (χ1v) is 4.15. The summed E-state index contributed by atoms with van der Waals surface area (Å²) < 4.78 is 5.60. The number of para-hydroxylation sites is 2. The van der Waals surface area contributed by atoms with E-state index in [2.05, 4.69) is 10.3 Å². The van der Waals surface area contributed by atoms with E-state index in [1.165, 1.54) is 0 Å². The predicted octanol–water partition coefficient (Wildman–Crippen LogP) is 2.86. The molecule has 1 aromatic heterocycles. The Morgan fingerprint density at radius 1 is 1.00 bits per heavy atom. The lowest BCUT2D eigenvalue weighted by atomic mass is 10.2. The van der Waals surface area contributed by atoms with Gasteiger partial charge in [-0.05, 0) is 18.2 Å². The third-order valence-corrected chi connectivity index (χ3v) is 2.08. The van der Waals surface area contributed by atoms with Crippen LogP contribution in [-0.4, -0.2) is 4.98 Å². The van der Waals surface area contributed by atoms with Crippen LogP contribution in [-0.2, 0) is 0 Å². The number of fused-ring (bicyclic) bond motifs is 2. The van der Waals surface area contributed by atoms with Gasteiger partial charge in [-0.1, -0.05) is 12.1 Å². The molecule has 2 aromatic rings. The van der Waals surface area contributed by atoms with E-state index < -0.39 is 0 Å². The summed E-state index contributed by atoms with van der Waals surface area (Å²) in [4.78, 5) is 3.01. The van der Waals surface area contributed by atoms with Crippen molar-refractivity contribution in [2.24, 2.45) is 0 Å². The highest BCUT2D eigenvalue weighted by molar-refractivity contribution is 5.73. The minimum Gasteiger partial charge on any atom is -0.437 e. The molecule has 0 saturated carbocycles. The molecule has 1 aliphatic rings. The van der Waals surface area contributed by atoms with Gasteiger partial charge in [-0.15, -0.1) is 0 Å². The molecule has 0 fully saturated rings. The number of hydrogen-bond donors (Lipinski definition) is 2. The number of ether oxygens (including phenoxy) is 1. The predicted molar refractivity (Wildman–Crippen MR) is 50.6 cm³/mol. The van der Waals surface area contributed by atoms with E-state index in [0.717, 1.165) is 23.0 Å². The maximum atomic E-state index is 5.60. The third-order valence-electron chi connectivity index (χ3n) is 2.08. The number of aromatic nitrogens is 1. The molecule has 0 bridgehead atoms. The van der Waals surface area contributed by atoms with E-state index >= 15 is 0 Å². The SMILES string of the molecule is c1ccc2c(c1)Nc1cc[nH]c1O2. The van der Waals surface area contributed by atoms with Gasteiger partial charge in [0.2, 0.25) is 5.88 Å². The standard InChI is InChI=1S/C10H8N2O/c1-2-4-9-7(3-1)12-8-5-6-11-10(8)13-9/h1-6,11-12H. The van der Waals surface area contributed by atoms with Crippen molar-refractivity contribution in [2.45, 2.75) is 0 Å². The van der Waals surface area contributed by atoms with E-state index in [0.29, 0.717) is 0 Å². The van der Waals surface area contributed by atoms with Crippen molar-refractivity contribution in [2.75, 3.05) is 5.32 Å². The molecule has 0 aliphatic carbocycles. The molecule has 2 N–H and O–H groups in total. The smallest absolute Gasteiger partial charge is 0.221 e. The van der Waals surface area contributed by atoms with Gasteiger partial charge in [-0.3, -0.25) is 0 Å². The summed E-state index contributed by atoms with van der Waals surface area (Å²) in [5, 5.41) is 3.26. The normalized spacial score (nSPS) is 12.3. The van der Waals surface area contributed by atoms with Gasteiger partial charge in [0.15, 0.2) is 5.75 Å². The van der Waals surface area contributed by atoms with Crippen LogP contribution in [0, 0.1) is 0 Å². The van der Waals surface area contributed by atoms with Gasteiger partial charge in [0.1, 0.15) is 5.69 Å². The molecule has 13 heavy (non-hydrogen) atoms. The quantitative estimate of drug-likeness (QED) is 0.547. The first-order valence-electron chi connectivity index (χ1n) is 4.15. The first-order chi connectivity index (χ1) is 6.43. The van der Waals surface area contributed by atoms with Crippen molar-refractivity contribution in [3.63, 3.8) is 0 Å². The summed E-state index contributed by atoms with van der Waals surface area (Å²) in [5.41, 5.74) is 1.99. The van der Waals surface area contributed by atoms with Crippen LogP contribution in [0.2, 0.25) is 0 Å². The molecule has 1 aromatic carbocycles. The largest absolute Gasteiger partial charge is 0.437 e. The molecule has 3 rings (SSSR count). The van der Waals surface area contributed by atoms with E-state index in [1.54, 1.807) is 0 Å². The van der Waals surface area contributed by atoms with Crippen LogP contribution >= 0.6 is 0 Å². The Hall–Kier alpha value is -1.90. The maximum absolute atomic E-state index is 5.60. The molecule has 64 valence electrons. The van der Waals surface area contributed by atoms with Crippen molar-refractivity contribution < 1.29 is 4.74 Å². The molecule has 0 amide bonds. The highest BCUT2D eigenvalue weighted by Gasteiger charge is 2.15. The molecule has 0 unspecified atom stereocenters.